The van der Waals surface area contributed by atoms with Crippen molar-refractivity contribution in [2.45, 2.75) is 6.04 Å². The van der Waals surface area contributed by atoms with E-state index in [1.54, 1.807) is 24.3 Å². The van der Waals surface area contributed by atoms with E-state index in [0.29, 0.717) is 41.8 Å². The molecule has 0 unspecified atom stereocenters. The number of halogens is 1. The van der Waals surface area contributed by atoms with Crippen molar-refractivity contribution in [3.8, 4) is 5.75 Å². The summed E-state index contributed by atoms with van der Waals surface area (Å²) in [5.74, 6) is 0.219. The summed E-state index contributed by atoms with van der Waals surface area (Å²) >= 11 is 3.36. The quantitative estimate of drug-likeness (QED) is 0.225. The Morgan fingerprint density at radius 3 is 2.33 bits per heavy atom. The molecule has 5 rings (SSSR count). The molecule has 0 aliphatic carbocycles. The predicted octanol–water partition coefficient (Wildman–Crippen LogP) is 4.22. The van der Waals surface area contributed by atoms with Crippen molar-refractivity contribution >= 4 is 38.3 Å². The highest BCUT2D eigenvalue weighted by Crippen LogP contribution is 2.37. The van der Waals surface area contributed by atoms with Crippen molar-refractivity contribution in [3.05, 3.63) is 103 Å². The molecule has 0 bridgehead atoms. The Hall–Kier alpha value is -3.76. The van der Waals surface area contributed by atoms with Crippen LogP contribution in [0.1, 0.15) is 17.2 Å². The number of para-hydroxylation sites is 1. The first kappa shape index (κ1) is 24.0. The third-order valence-electron chi connectivity index (χ3n) is 6.68. The zero-order valence-electron chi connectivity index (χ0n) is 19.5. The number of piperazine rings is 1. The van der Waals surface area contributed by atoms with Gasteiger partial charge in [-0.1, -0.05) is 48.5 Å². The van der Waals surface area contributed by atoms with Gasteiger partial charge in [-0.15, -0.1) is 0 Å². The van der Waals surface area contributed by atoms with Crippen molar-refractivity contribution in [1.82, 2.24) is 14.5 Å². The van der Waals surface area contributed by atoms with Crippen molar-refractivity contribution < 1.29 is 10.0 Å². The maximum absolute atomic E-state index is 13.0. The molecule has 1 aliphatic heterocycles. The van der Waals surface area contributed by atoms with Crippen LogP contribution in [0.25, 0.3) is 11.0 Å². The predicted molar refractivity (Wildman–Crippen MR) is 142 cm³/mol. The second kappa shape index (κ2) is 9.71. The topological polar surface area (TPSA) is 105 Å². The minimum atomic E-state index is -0.662. The van der Waals surface area contributed by atoms with E-state index in [2.05, 4.69) is 25.8 Å². The van der Waals surface area contributed by atoms with Crippen LogP contribution >= 0.6 is 15.9 Å². The van der Waals surface area contributed by atoms with Gasteiger partial charge in [0.05, 0.1) is 16.5 Å². The molecular weight excluding hydrogens is 526 g/mol. The summed E-state index contributed by atoms with van der Waals surface area (Å²) in [6, 6.07) is 20.5. The van der Waals surface area contributed by atoms with Crippen molar-refractivity contribution in [1.29, 1.82) is 0 Å². The Balaban J connectivity index is 1.54. The second-order valence-electron chi connectivity index (χ2n) is 8.72. The minimum Gasteiger partial charge on any atom is -0.508 e. The summed E-state index contributed by atoms with van der Waals surface area (Å²) < 4.78 is 1.81. The van der Waals surface area contributed by atoms with E-state index in [9.17, 15) is 20.0 Å². The zero-order valence-corrected chi connectivity index (χ0v) is 21.1. The lowest BCUT2D eigenvalue weighted by Gasteiger charge is -2.40. The SMILES string of the molecule is Cn1c(=O)c([N+](=O)[O-])c(N2CCN([C@@H](c3ccccc3)c3ccccc3O)CC2)c2nc(Br)ccc21. The second-order valence-corrected chi connectivity index (χ2v) is 9.53. The van der Waals surface area contributed by atoms with E-state index in [1.807, 2.05) is 47.4 Å². The van der Waals surface area contributed by atoms with Gasteiger partial charge >= 0.3 is 11.2 Å². The van der Waals surface area contributed by atoms with E-state index in [-0.39, 0.29) is 17.5 Å². The highest BCUT2D eigenvalue weighted by atomic mass is 79.9. The van der Waals surface area contributed by atoms with Crippen LogP contribution in [0.15, 0.2) is 76.1 Å². The van der Waals surface area contributed by atoms with Crippen LogP contribution in [-0.4, -0.2) is 50.7 Å². The van der Waals surface area contributed by atoms with Crippen LogP contribution in [0.3, 0.4) is 0 Å². The van der Waals surface area contributed by atoms with Gasteiger partial charge in [-0.05, 0) is 39.7 Å². The van der Waals surface area contributed by atoms with E-state index in [4.69, 9.17) is 0 Å². The molecule has 3 heterocycles. The highest BCUT2D eigenvalue weighted by molar-refractivity contribution is 9.10. The highest BCUT2D eigenvalue weighted by Gasteiger charge is 2.34. The summed E-state index contributed by atoms with van der Waals surface area (Å²) in [6.07, 6.45) is 0. The lowest BCUT2D eigenvalue weighted by molar-refractivity contribution is -0.385. The van der Waals surface area contributed by atoms with Crippen LogP contribution in [0.5, 0.6) is 5.75 Å². The summed E-state index contributed by atoms with van der Waals surface area (Å²) in [5, 5.41) is 22.7. The van der Waals surface area contributed by atoms with Gasteiger partial charge in [0.25, 0.3) is 0 Å². The number of hydrogen-bond acceptors (Lipinski definition) is 7. The zero-order chi connectivity index (χ0) is 25.4. The number of phenols is 1. The van der Waals surface area contributed by atoms with Gasteiger partial charge in [0.15, 0.2) is 5.69 Å². The van der Waals surface area contributed by atoms with E-state index in [0.717, 1.165) is 11.1 Å². The average molecular weight is 550 g/mol. The Labute approximate surface area is 215 Å². The molecule has 0 radical (unpaired) electrons. The molecule has 36 heavy (non-hydrogen) atoms. The van der Waals surface area contributed by atoms with Gasteiger partial charge < -0.3 is 14.6 Å². The lowest BCUT2D eigenvalue weighted by Crippen LogP contribution is -2.48. The van der Waals surface area contributed by atoms with Gasteiger partial charge in [0.2, 0.25) is 0 Å². The molecule has 2 aromatic carbocycles. The number of pyridine rings is 2. The van der Waals surface area contributed by atoms with Gasteiger partial charge in [0.1, 0.15) is 15.9 Å². The van der Waals surface area contributed by atoms with Crippen LogP contribution in [0.2, 0.25) is 0 Å². The summed E-state index contributed by atoms with van der Waals surface area (Å²) in [5.41, 5.74) is 1.90. The number of anilines is 1. The van der Waals surface area contributed by atoms with Gasteiger partial charge in [-0.25, -0.2) is 4.98 Å². The molecule has 9 nitrogen and oxygen atoms in total. The third kappa shape index (κ3) is 4.22. The van der Waals surface area contributed by atoms with Crippen LogP contribution in [0, 0.1) is 10.1 Å². The molecule has 1 atom stereocenters. The average Bonchev–Trinajstić information content (AvgIpc) is 2.88. The molecule has 0 amide bonds. The number of aromatic nitrogens is 2. The number of benzene rings is 2. The first-order chi connectivity index (χ1) is 17.4. The number of aryl methyl sites for hydroxylation is 1. The summed E-state index contributed by atoms with van der Waals surface area (Å²) in [4.78, 5) is 33.0. The van der Waals surface area contributed by atoms with Crippen molar-refractivity contribution in [2.24, 2.45) is 7.05 Å². The first-order valence-electron chi connectivity index (χ1n) is 11.5. The molecule has 1 aliphatic rings. The molecule has 1 saturated heterocycles. The van der Waals surface area contributed by atoms with Crippen molar-refractivity contribution in [2.75, 3.05) is 31.1 Å². The molecule has 1 fully saturated rings. The van der Waals surface area contributed by atoms with Gasteiger partial charge in [-0.2, -0.15) is 0 Å². The molecule has 2 aromatic heterocycles. The van der Waals surface area contributed by atoms with Gasteiger partial charge in [0, 0.05) is 38.8 Å². The fourth-order valence-electron chi connectivity index (χ4n) is 4.96. The number of hydrogen-bond donors (Lipinski definition) is 1. The Morgan fingerprint density at radius 1 is 1.00 bits per heavy atom. The molecule has 184 valence electrons. The Kier molecular flexibility index (Phi) is 6.46. The van der Waals surface area contributed by atoms with E-state index >= 15 is 0 Å². The molecule has 0 saturated carbocycles. The third-order valence-corrected chi connectivity index (χ3v) is 7.12. The first-order valence-corrected chi connectivity index (χ1v) is 12.3. The van der Waals surface area contributed by atoms with E-state index < -0.39 is 16.2 Å². The van der Waals surface area contributed by atoms with Crippen LogP contribution in [0.4, 0.5) is 11.4 Å². The molecule has 0 spiro atoms. The number of aromatic hydroxyl groups is 1. The summed E-state index contributed by atoms with van der Waals surface area (Å²) in [6.45, 7) is 2.04. The molecular formula is C26H24BrN5O4. The van der Waals surface area contributed by atoms with Crippen molar-refractivity contribution in [3.63, 3.8) is 0 Å². The fourth-order valence-corrected chi connectivity index (χ4v) is 5.27. The lowest BCUT2D eigenvalue weighted by atomic mass is 9.95. The fraction of sp³-hybridized carbons (Fsp3) is 0.231. The monoisotopic (exact) mass is 549 g/mol. The smallest absolute Gasteiger partial charge is 0.359 e. The number of nitro groups is 1. The van der Waals surface area contributed by atoms with E-state index in [1.165, 1.54) is 11.6 Å². The number of fused-ring (bicyclic) bond motifs is 1. The molecule has 10 heteroatoms. The molecule has 4 aromatic rings. The maximum Gasteiger partial charge on any atom is 0.359 e. The Morgan fingerprint density at radius 2 is 1.67 bits per heavy atom. The van der Waals surface area contributed by atoms with Gasteiger partial charge in [-0.3, -0.25) is 19.8 Å². The van der Waals surface area contributed by atoms with Crippen LogP contribution in [-0.2, 0) is 7.05 Å². The van der Waals surface area contributed by atoms with Crippen LogP contribution < -0.4 is 10.5 Å². The Bertz CT molecular complexity index is 1500. The number of rotatable bonds is 5. The number of phenolic OH excluding ortho intramolecular Hbond substituents is 1. The maximum atomic E-state index is 13.0. The largest absolute Gasteiger partial charge is 0.508 e. The normalized spacial score (nSPS) is 15.2. The molecule has 1 N–H and O–H groups in total. The minimum absolute atomic E-state index is 0.183. The summed E-state index contributed by atoms with van der Waals surface area (Å²) in [7, 11) is 1.52. The number of nitrogens with zero attached hydrogens (tertiary/aromatic N) is 5. The standard InChI is InChI=1S/C26H24BrN5O4/c1-29-19-11-12-21(27)28-22(19)24(25(26(29)34)32(35)36)31-15-13-30(14-16-31)23(17-7-3-2-4-8-17)18-9-5-6-10-20(18)33/h2-12,23,33H,13-16H2,1H3/t23-/m0/s1.